The minimum absolute atomic E-state index is 0.0503. The van der Waals surface area contributed by atoms with Crippen LogP contribution >= 0.6 is 0 Å². The molecule has 1 aliphatic heterocycles. The highest BCUT2D eigenvalue weighted by Gasteiger charge is 2.36. The van der Waals surface area contributed by atoms with E-state index in [2.05, 4.69) is 13.8 Å². The molecule has 1 atom stereocenters. The molecule has 32 heavy (non-hydrogen) atoms. The van der Waals surface area contributed by atoms with E-state index in [0.717, 1.165) is 11.1 Å². The average Bonchev–Trinajstić information content (AvgIpc) is 3.11. The molecule has 1 amide bonds. The van der Waals surface area contributed by atoms with Crippen LogP contribution in [0.15, 0.2) is 57.7 Å². The van der Waals surface area contributed by atoms with Gasteiger partial charge in [-0.05, 0) is 42.5 Å². The molecule has 1 saturated heterocycles. The van der Waals surface area contributed by atoms with Crippen molar-refractivity contribution < 1.29 is 17.6 Å². The molecule has 2 aromatic carbocycles. The van der Waals surface area contributed by atoms with Crippen LogP contribution in [-0.4, -0.2) is 36.8 Å². The second-order valence-electron chi connectivity index (χ2n) is 8.86. The first-order chi connectivity index (χ1) is 15.1. The number of sulfone groups is 1. The number of amides is 1. The van der Waals surface area contributed by atoms with Gasteiger partial charge in [-0.3, -0.25) is 9.59 Å². The van der Waals surface area contributed by atoms with E-state index in [1.54, 1.807) is 12.1 Å². The number of benzene rings is 2. The topological polar surface area (TPSA) is 84.7 Å². The largest absolute Gasteiger partial charge is 0.451 e. The fraction of sp³-hybridized carbons (Fsp3) is 0.360. The summed E-state index contributed by atoms with van der Waals surface area (Å²) in [6.07, 6.45) is 0.370. The quantitative estimate of drug-likeness (QED) is 0.582. The van der Waals surface area contributed by atoms with Gasteiger partial charge in [0, 0.05) is 18.7 Å². The minimum Gasteiger partial charge on any atom is -0.451 e. The van der Waals surface area contributed by atoms with E-state index >= 15 is 0 Å². The maximum Gasteiger partial charge on any atom is 0.290 e. The van der Waals surface area contributed by atoms with Gasteiger partial charge in [0.05, 0.1) is 16.9 Å². The van der Waals surface area contributed by atoms with Crippen molar-refractivity contribution in [3.8, 4) is 0 Å². The zero-order valence-electron chi connectivity index (χ0n) is 18.5. The number of rotatable bonds is 5. The third-order valence-corrected chi connectivity index (χ3v) is 7.75. The number of hydrogen-bond donors (Lipinski definition) is 0. The lowest BCUT2D eigenvalue weighted by molar-refractivity contribution is 0.0648. The molecule has 0 aliphatic carbocycles. The molecule has 1 aliphatic rings. The maximum absolute atomic E-state index is 13.5. The SMILES string of the molecule is Cc1ccc2oc(C(=O)N(Cc3ccc(C(C)C)cc3)[C@@H]3CCS(=O)(=O)C3)cc(=O)c2c1. The Morgan fingerprint density at radius 3 is 2.47 bits per heavy atom. The van der Waals surface area contributed by atoms with Crippen LogP contribution in [0.5, 0.6) is 0 Å². The summed E-state index contributed by atoms with van der Waals surface area (Å²) in [5.74, 6) is -0.194. The number of carbonyl (C=O) groups excluding carboxylic acids is 1. The smallest absolute Gasteiger partial charge is 0.290 e. The Bertz CT molecular complexity index is 1320. The van der Waals surface area contributed by atoms with Crippen LogP contribution in [0.25, 0.3) is 11.0 Å². The Hall–Kier alpha value is -2.93. The highest BCUT2D eigenvalue weighted by Crippen LogP contribution is 2.24. The maximum atomic E-state index is 13.5. The fourth-order valence-corrected chi connectivity index (χ4v) is 5.84. The second kappa shape index (κ2) is 8.54. The summed E-state index contributed by atoms with van der Waals surface area (Å²) in [7, 11) is -3.20. The molecule has 0 bridgehead atoms. The molecule has 0 radical (unpaired) electrons. The first-order valence-electron chi connectivity index (χ1n) is 10.8. The molecule has 0 N–H and O–H groups in total. The van der Waals surface area contributed by atoms with Crippen LogP contribution in [-0.2, 0) is 16.4 Å². The molecule has 4 rings (SSSR count). The van der Waals surface area contributed by atoms with Gasteiger partial charge in [0.1, 0.15) is 5.58 Å². The lowest BCUT2D eigenvalue weighted by Gasteiger charge is -2.28. The monoisotopic (exact) mass is 453 g/mol. The number of aryl methyl sites for hydroxylation is 1. The molecule has 1 fully saturated rings. The van der Waals surface area contributed by atoms with Crippen LogP contribution in [0.1, 0.15) is 53.4 Å². The molecule has 168 valence electrons. The van der Waals surface area contributed by atoms with Crippen LogP contribution in [0, 0.1) is 6.92 Å². The molecular formula is C25H27NO5S. The highest BCUT2D eigenvalue weighted by atomic mass is 32.2. The van der Waals surface area contributed by atoms with E-state index in [4.69, 9.17) is 4.42 Å². The van der Waals surface area contributed by atoms with Gasteiger partial charge < -0.3 is 9.32 Å². The van der Waals surface area contributed by atoms with Gasteiger partial charge in [-0.25, -0.2) is 8.42 Å². The Morgan fingerprint density at radius 2 is 1.84 bits per heavy atom. The van der Waals surface area contributed by atoms with Crippen LogP contribution < -0.4 is 5.43 Å². The van der Waals surface area contributed by atoms with Crippen molar-refractivity contribution in [1.29, 1.82) is 0 Å². The van der Waals surface area contributed by atoms with Gasteiger partial charge in [-0.2, -0.15) is 0 Å². The van der Waals surface area contributed by atoms with Crippen molar-refractivity contribution in [2.45, 2.75) is 45.7 Å². The van der Waals surface area contributed by atoms with Crippen molar-refractivity contribution in [1.82, 2.24) is 4.90 Å². The molecular weight excluding hydrogens is 426 g/mol. The van der Waals surface area contributed by atoms with Crippen molar-refractivity contribution in [3.05, 3.63) is 81.2 Å². The third-order valence-electron chi connectivity index (χ3n) is 6.00. The summed E-state index contributed by atoms with van der Waals surface area (Å²) in [5, 5.41) is 0.417. The normalized spacial score (nSPS) is 17.7. The first kappa shape index (κ1) is 22.3. The van der Waals surface area contributed by atoms with Gasteiger partial charge in [-0.1, -0.05) is 49.7 Å². The zero-order valence-corrected chi connectivity index (χ0v) is 19.3. The number of nitrogens with zero attached hydrogens (tertiary/aromatic N) is 1. The lowest BCUT2D eigenvalue weighted by atomic mass is 10.0. The van der Waals surface area contributed by atoms with E-state index in [9.17, 15) is 18.0 Å². The van der Waals surface area contributed by atoms with Gasteiger partial charge in [0.25, 0.3) is 5.91 Å². The molecule has 0 saturated carbocycles. The van der Waals surface area contributed by atoms with Crippen molar-refractivity contribution in [2.75, 3.05) is 11.5 Å². The summed E-state index contributed by atoms with van der Waals surface area (Å²) < 4.78 is 30.1. The van der Waals surface area contributed by atoms with Crippen LogP contribution in [0.2, 0.25) is 0 Å². The molecule has 7 heteroatoms. The van der Waals surface area contributed by atoms with E-state index in [-0.39, 0.29) is 29.2 Å². The van der Waals surface area contributed by atoms with Crippen molar-refractivity contribution in [3.63, 3.8) is 0 Å². The second-order valence-corrected chi connectivity index (χ2v) is 11.1. The zero-order chi connectivity index (χ0) is 23.0. The van der Waals surface area contributed by atoms with E-state index in [0.29, 0.717) is 23.3 Å². The first-order valence-corrected chi connectivity index (χ1v) is 12.6. The van der Waals surface area contributed by atoms with Gasteiger partial charge >= 0.3 is 0 Å². The van der Waals surface area contributed by atoms with Gasteiger partial charge in [0.15, 0.2) is 21.0 Å². The summed E-state index contributed by atoms with van der Waals surface area (Å²) in [6.45, 7) is 6.34. The van der Waals surface area contributed by atoms with E-state index in [1.807, 2.05) is 37.3 Å². The molecule has 0 spiro atoms. The van der Waals surface area contributed by atoms with Crippen LogP contribution in [0.4, 0.5) is 0 Å². The average molecular weight is 454 g/mol. The van der Waals surface area contributed by atoms with E-state index < -0.39 is 21.8 Å². The predicted molar refractivity (Wildman–Crippen MR) is 125 cm³/mol. The van der Waals surface area contributed by atoms with Crippen LogP contribution in [0.3, 0.4) is 0 Å². The third kappa shape index (κ3) is 4.63. The van der Waals surface area contributed by atoms with Gasteiger partial charge in [0.2, 0.25) is 0 Å². The standard InChI is InChI=1S/C25H27NO5S/c1-16(2)19-7-5-18(6-8-19)14-26(20-10-11-32(29,30)15-20)25(28)24-13-22(27)21-12-17(3)4-9-23(21)31-24/h4-9,12-13,16,20H,10-11,14-15H2,1-3H3/t20-/m1/s1. The summed E-state index contributed by atoms with van der Waals surface area (Å²) >= 11 is 0. The summed E-state index contributed by atoms with van der Waals surface area (Å²) in [5.41, 5.74) is 3.05. The van der Waals surface area contributed by atoms with Crippen molar-refractivity contribution in [2.24, 2.45) is 0 Å². The predicted octanol–water partition coefficient (Wildman–Crippen LogP) is 4.05. The summed E-state index contributed by atoms with van der Waals surface area (Å²) in [6, 6.07) is 13.9. The number of carbonyl (C=O) groups is 1. The minimum atomic E-state index is -3.20. The molecule has 3 aromatic rings. The number of hydrogen-bond acceptors (Lipinski definition) is 5. The Labute approximate surface area is 187 Å². The highest BCUT2D eigenvalue weighted by molar-refractivity contribution is 7.91. The Balaban J connectivity index is 1.70. The number of fused-ring (bicyclic) bond motifs is 1. The van der Waals surface area contributed by atoms with E-state index in [1.165, 1.54) is 16.5 Å². The van der Waals surface area contributed by atoms with Crippen molar-refractivity contribution >= 4 is 26.7 Å². The van der Waals surface area contributed by atoms with Gasteiger partial charge in [-0.15, -0.1) is 0 Å². The lowest BCUT2D eigenvalue weighted by Crippen LogP contribution is -2.40. The molecule has 2 heterocycles. The summed E-state index contributed by atoms with van der Waals surface area (Å²) in [4.78, 5) is 27.7. The Morgan fingerprint density at radius 1 is 1.12 bits per heavy atom. The molecule has 0 unspecified atom stereocenters. The molecule has 1 aromatic heterocycles. The Kier molecular flexibility index (Phi) is 5.95. The molecule has 6 nitrogen and oxygen atoms in total. The fourth-order valence-electron chi connectivity index (χ4n) is 4.11.